The molecule has 9 heteroatoms. The summed E-state index contributed by atoms with van der Waals surface area (Å²) in [6.45, 7) is 3.62. The van der Waals surface area contributed by atoms with E-state index in [0.717, 1.165) is 49.0 Å². The van der Waals surface area contributed by atoms with Gasteiger partial charge in [-0.05, 0) is 43.4 Å². The van der Waals surface area contributed by atoms with E-state index in [4.69, 9.17) is 0 Å². The van der Waals surface area contributed by atoms with Crippen LogP contribution in [-0.4, -0.2) is 53.4 Å². The average molecular weight is 394 g/mol. The van der Waals surface area contributed by atoms with Crippen LogP contribution in [0.5, 0.6) is 0 Å². The van der Waals surface area contributed by atoms with Crippen molar-refractivity contribution in [2.45, 2.75) is 41.6 Å². The molecule has 0 saturated carbocycles. The molecule has 0 atom stereocenters. The second-order valence-electron chi connectivity index (χ2n) is 6.66. The Hall–Kier alpha value is -1.42. The van der Waals surface area contributed by atoms with Gasteiger partial charge in [0.15, 0.2) is 0 Å². The summed E-state index contributed by atoms with van der Waals surface area (Å²) in [5, 5.41) is 12.0. The van der Waals surface area contributed by atoms with Gasteiger partial charge >= 0.3 is 0 Å². The molecule has 1 aromatic carbocycles. The van der Waals surface area contributed by atoms with Crippen molar-refractivity contribution in [3.05, 3.63) is 35.9 Å². The standard InChI is InChI=1S/C17H23N5O2S2/c1-25-14-2-4-15(5-3-14)26(23,24)21-9-6-13(7-10-21)17-20-19-16-12-18-8-11-22(16)17/h2-5,13,18H,6-12H2,1H3. The fourth-order valence-corrected chi connectivity index (χ4v) is 5.55. The van der Waals surface area contributed by atoms with Crippen LogP contribution in [0.15, 0.2) is 34.1 Å². The fourth-order valence-electron chi connectivity index (χ4n) is 3.67. The number of hydrogen-bond acceptors (Lipinski definition) is 6. The van der Waals surface area contributed by atoms with Crippen LogP contribution in [0.1, 0.15) is 30.4 Å². The van der Waals surface area contributed by atoms with Crippen molar-refractivity contribution in [2.24, 2.45) is 0 Å². The molecule has 140 valence electrons. The monoisotopic (exact) mass is 393 g/mol. The predicted molar refractivity (Wildman–Crippen MR) is 101 cm³/mol. The van der Waals surface area contributed by atoms with Crippen molar-refractivity contribution in [1.29, 1.82) is 0 Å². The smallest absolute Gasteiger partial charge is 0.243 e. The van der Waals surface area contributed by atoms with Gasteiger partial charge in [-0.25, -0.2) is 8.42 Å². The summed E-state index contributed by atoms with van der Waals surface area (Å²) < 4.78 is 29.6. The first kappa shape index (κ1) is 18.0. The maximum Gasteiger partial charge on any atom is 0.243 e. The summed E-state index contributed by atoms with van der Waals surface area (Å²) in [7, 11) is -3.43. The maximum atomic E-state index is 12.9. The van der Waals surface area contributed by atoms with Crippen LogP contribution in [0.4, 0.5) is 0 Å². The van der Waals surface area contributed by atoms with Crippen molar-refractivity contribution in [2.75, 3.05) is 25.9 Å². The number of aromatic nitrogens is 3. The molecule has 1 N–H and O–H groups in total. The van der Waals surface area contributed by atoms with Crippen molar-refractivity contribution in [3.63, 3.8) is 0 Å². The Bertz CT molecular complexity index is 871. The van der Waals surface area contributed by atoms with Gasteiger partial charge < -0.3 is 9.88 Å². The molecule has 2 aromatic rings. The van der Waals surface area contributed by atoms with E-state index in [1.165, 1.54) is 0 Å². The fraction of sp³-hybridized carbons (Fsp3) is 0.529. The van der Waals surface area contributed by atoms with Gasteiger partial charge in [-0.2, -0.15) is 4.31 Å². The summed E-state index contributed by atoms with van der Waals surface area (Å²) >= 11 is 1.61. The molecule has 4 rings (SSSR count). The van der Waals surface area contributed by atoms with Crippen LogP contribution < -0.4 is 5.32 Å². The predicted octanol–water partition coefficient (Wildman–Crippen LogP) is 1.67. The molecule has 1 aromatic heterocycles. The van der Waals surface area contributed by atoms with Crippen LogP contribution in [0, 0.1) is 0 Å². The van der Waals surface area contributed by atoms with Crippen LogP contribution in [0.2, 0.25) is 0 Å². The summed E-state index contributed by atoms with van der Waals surface area (Å²) in [6, 6.07) is 7.13. The van der Waals surface area contributed by atoms with Crippen molar-refractivity contribution < 1.29 is 8.42 Å². The molecule has 0 unspecified atom stereocenters. The molecule has 0 bridgehead atoms. The van der Waals surface area contributed by atoms with Gasteiger partial charge in [0.25, 0.3) is 0 Å². The van der Waals surface area contributed by atoms with E-state index >= 15 is 0 Å². The minimum absolute atomic E-state index is 0.277. The second-order valence-corrected chi connectivity index (χ2v) is 9.47. The van der Waals surface area contributed by atoms with E-state index in [0.29, 0.717) is 18.0 Å². The number of nitrogens with one attached hydrogen (secondary N) is 1. The van der Waals surface area contributed by atoms with Crippen LogP contribution in [0.25, 0.3) is 0 Å². The molecule has 1 saturated heterocycles. The molecule has 2 aliphatic heterocycles. The normalized spacial score (nSPS) is 19.4. The SMILES string of the molecule is CSc1ccc(S(=O)(=O)N2CCC(c3nnc4n3CCNC4)CC2)cc1. The van der Waals surface area contributed by atoms with E-state index in [-0.39, 0.29) is 5.92 Å². The number of piperidine rings is 1. The molecule has 7 nitrogen and oxygen atoms in total. The quantitative estimate of drug-likeness (QED) is 0.796. The zero-order chi connectivity index (χ0) is 18.1. The molecule has 3 heterocycles. The minimum atomic E-state index is -3.43. The number of nitrogens with zero attached hydrogens (tertiary/aromatic N) is 4. The van der Waals surface area contributed by atoms with E-state index in [9.17, 15) is 8.42 Å². The van der Waals surface area contributed by atoms with Crippen LogP contribution in [0.3, 0.4) is 0 Å². The van der Waals surface area contributed by atoms with Gasteiger partial charge in [-0.15, -0.1) is 22.0 Å². The van der Waals surface area contributed by atoms with E-state index in [2.05, 4.69) is 20.1 Å². The maximum absolute atomic E-state index is 12.9. The highest BCUT2D eigenvalue weighted by molar-refractivity contribution is 7.98. The summed E-state index contributed by atoms with van der Waals surface area (Å²) in [5.74, 6) is 2.28. The highest BCUT2D eigenvalue weighted by Gasteiger charge is 2.32. The Labute approximate surface area is 158 Å². The highest BCUT2D eigenvalue weighted by atomic mass is 32.2. The lowest BCUT2D eigenvalue weighted by atomic mass is 9.97. The first-order valence-electron chi connectivity index (χ1n) is 8.86. The van der Waals surface area contributed by atoms with Gasteiger partial charge in [0, 0.05) is 37.0 Å². The summed E-state index contributed by atoms with van der Waals surface area (Å²) in [4.78, 5) is 1.44. The molecule has 2 aliphatic rings. The number of rotatable bonds is 4. The van der Waals surface area contributed by atoms with Gasteiger partial charge in [-0.1, -0.05) is 0 Å². The Morgan fingerprint density at radius 2 is 1.85 bits per heavy atom. The van der Waals surface area contributed by atoms with Crippen LogP contribution >= 0.6 is 11.8 Å². The molecular weight excluding hydrogens is 370 g/mol. The Balaban J connectivity index is 1.46. The molecule has 0 aliphatic carbocycles. The van der Waals surface area contributed by atoms with E-state index in [1.54, 1.807) is 28.2 Å². The van der Waals surface area contributed by atoms with E-state index < -0.39 is 10.0 Å². The number of thioether (sulfide) groups is 1. The van der Waals surface area contributed by atoms with E-state index in [1.807, 2.05) is 18.4 Å². The lowest BCUT2D eigenvalue weighted by Crippen LogP contribution is -2.38. The Morgan fingerprint density at radius 3 is 2.54 bits per heavy atom. The molecule has 0 spiro atoms. The van der Waals surface area contributed by atoms with Crippen LogP contribution in [-0.2, 0) is 23.1 Å². The first-order chi connectivity index (χ1) is 12.6. The molecule has 1 fully saturated rings. The highest BCUT2D eigenvalue weighted by Crippen LogP contribution is 2.31. The van der Waals surface area contributed by atoms with Crippen molar-refractivity contribution >= 4 is 21.8 Å². The number of benzene rings is 1. The van der Waals surface area contributed by atoms with Crippen molar-refractivity contribution in [3.8, 4) is 0 Å². The summed E-state index contributed by atoms with van der Waals surface area (Å²) in [5.41, 5.74) is 0. The van der Waals surface area contributed by atoms with Gasteiger partial charge in [0.2, 0.25) is 10.0 Å². The number of sulfonamides is 1. The Morgan fingerprint density at radius 1 is 1.12 bits per heavy atom. The third-order valence-corrected chi connectivity index (χ3v) is 7.82. The lowest BCUT2D eigenvalue weighted by molar-refractivity contribution is 0.307. The molecule has 26 heavy (non-hydrogen) atoms. The zero-order valence-electron chi connectivity index (χ0n) is 14.8. The summed E-state index contributed by atoms with van der Waals surface area (Å²) in [6.07, 6.45) is 3.55. The first-order valence-corrected chi connectivity index (χ1v) is 11.5. The topological polar surface area (TPSA) is 80.1 Å². The third-order valence-electron chi connectivity index (χ3n) is 5.17. The van der Waals surface area contributed by atoms with Gasteiger partial charge in [-0.3, -0.25) is 0 Å². The van der Waals surface area contributed by atoms with Gasteiger partial charge in [0.1, 0.15) is 11.6 Å². The minimum Gasteiger partial charge on any atom is -0.312 e. The van der Waals surface area contributed by atoms with Crippen molar-refractivity contribution in [1.82, 2.24) is 24.4 Å². The average Bonchev–Trinajstić information content (AvgIpc) is 3.12. The Kier molecular flexibility index (Phi) is 5.05. The number of hydrogen-bond donors (Lipinski definition) is 1. The lowest BCUT2D eigenvalue weighted by Gasteiger charge is -2.31. The largest absolute Gasteiger partial charge is 0.312 e. The second kappa shape index (κ2) is 7.30. The number of fused-ring (bicyclic) bond motifs is 1. The van der Waals surface area contributed by atoms with Gasteiger partial charge in [0.05, 0.1) is 11.4 Å². The molecular formula is C17H23N5O2S2. The third kappa shape index (κ3) is 3.28. The zero-order valence-corrected chi connectivity index (χ0v) is 16.4. The molecule has 0 amide bonds. The molecule has 0 radical (unpaired) electrons.